The Balaban J connectivity index is 2.01. The van der Waals surface area contributed by atoms with E-state index >= 15 is 0 Å². The van der Waals surface area contributed by atoms with E-state index in [4.69, 9.17) is 16.3 Å². The van der Waals surface area contributed by atoms with Gasteiger partial charge in [-0.3, -0.25) is 9.59 Å². The Kier molecular flexibility index (Phi) is 5.55. The first-order valence-corrected chi connectivity index (χ1v) is 7.64. The van der Waals surface area contributed by atoms with Crippen LogP contribution in [0.15, 0.2) is 16.7 Å². The van der Waals surface area contributed by atoms with Crippen molar-refractivity contribution in [3.05, 3.63) is 27.5 Å². The summed E-state index contributed by atoms with van der Waals surface area (Å²) in [4.78, 5) is 29.9. The van der Waals surface area contributed by atoms with Crippen LogP contribution in [0.25, 0.3) is 0 Å². The number of nitrogens with zero attached hydrogens (tertiary/aromatic N) is 2. The molecule has 0 saturated carbocycles. The van der Waals surface area contributed by atoms with Crippen LogP contribution in [-0.2, 0) is 9.53 Å². The first-order chi connectivity index (χ1) is 9.99. The Morgan fingerprint density at radius 3 is 2.81 bits per heavy atom. The van der Waals surface area contributed by atoms with Crippen molar-refractivity contribution in [3.63, 3.8) is 0 Å². The van der Waals surface area contributed by atoms with Crippen LogP contribution in [0.5, 0.6) is 0 Å². The van der Waals surface area contributed by atoms with Crippen LogP contribution in [0.3, 0.4) is 0 Å². The highest BCUT2D eigenvalue weighted by molar-refractivity contribution is 9.10. The molecule has 6 nitrogen and oxygen atoms in total. The minimum absolute atomic E-state index is 0.0988. The van der Waals surface area contributed by atoms with E-state index in [9.17, 15) is 9.59 Å². The van der Waals surface area contributed by atoms with Gasteiger partial charge in [-0.05, 0) is 28.9 Å². The Morgan fingerprint density at radius 1 is 1.48 bits per heavy atom. The van der Waals surface area contributed by atoms with Crippen LogP contribution >= 0.6 is 27.5 Å². The lowest BCUT2D eigenvalue weighted by Crippen LogP contribution is -2.50. The number of hydrogen-bond donors (Lipinski definition) is 1. The molecule has 1 aromatic heterocycles. The third-order valence-electron chi connectivity index (χ3n) is 3.09. The van der Waals surface area contributed by atoms with E-state index in [0.717, 1.165) is 0 Å². The summed E-state index contributed by atoms with van der Waals surface area (Å²) in [7, 11) is 0. The van der Waals surface area contributed by atoms with Crippen molar-refractivity contribution in [1.82, 2.24) is 15.2 Å². The molecule has 1 aromatic rings. The quantitative estimate of drug-likeness (QED) is 0.811. The summed E-state index contributed by atoms with van der Waals surface area (Å²) >= 11 is 9.13. The van der Waals surface area contributed by atoms with Crippen molar-refractivity contribution in [2.75, 3.05) is 26.3 Å². The first kappa shape index (κ1) is 16.2. The summed E-state index contributed by atoms with van der Waals surface area (Å²) in [6.07, 6.45) is 1.50. The molecule has 1 N–H and O–H groups in total. The van der Waals surface area contributed by atoms with Crippen molar-refractivity contribution in [1.29, 1.82) is 0 Å². The molecule has 2 amide bonds. The predicted octanol–water partition coefficient (Wildman–Crippen LogP) is 1.47. The lowest BCUT2D eigenvalue weighted by atomic mass is 10.2. The van der Waals surface area contributed by atoms with E-state index in [-0.39, 0.29) is 16.6 Å². The van der Waals surface area contributed by atoms with Gasteiger partial charge in [0.2, 0.25) is 5.91 Å². The largest absolute Gasteiger partial charge is 0.378 e. The van der Waals surface area contributed by atoms with Gasteiger partial charge in [-0.15, -0.1) is 0 Å². The van der Waals surface area contributed by atoms with Crippen molar-refractivity contribution in [2.24, 2.45) is 0 Å². The zero-order chi connectivity index (χ0) is 15.4. The average Bonchev–Trinajstić information content (AvgIpc) is 2.49. The molecule has 1 saturated heterocycles. The molecule has 114 valence electrons. The van der Waals surface area contributed by atoms with E-state index in [1.807, 2.05) is 0 Å². The lowest BCUT2D eigenvalue weighted by Gasteiger charge is -2.29. The molecule has 0 spiro atoms. The highest BCUT2D eigenvalue weighted by Gasteiger charge is 2.24. The zero-order valence-corrected chi connectivity index (χ0v) is 13.8. The SMILES string of the molecule is CC(NC(=O)c1cc(Br)cnc1Cl)C(=O)N1CCOCC1. The van der Waals surface area contributed by atoms with E-state index in [1.165, 1.54) is 6.20 Å². The normalized spacial score (nSPS) is 16.4. The molecular weight excluding hydrogens is 362 g/mol. The van der Waals surface area contributed by atoms with Gasteiger partial charge in [-0.1, -0.05) is 11.6 Å². The van der Waals surface area contributed by atoms with Crippen LogP contribution in [0.2, 0.25) is 5.15 Å². The van der Waals surface area contributed by atoms with Gasteiger partial charge in [-0.2, -0.15) is 0 Å². The smallest absolute Gasteiger partial charge is 0.255 e. The van der Waals surface area contributed by atoms with Crippen molar-refractivity contribution in [3.8, 4) is 0 Å². The molecule has 0 bridgehead atoms. The standard InChI is InChI=1S/C13H15BrClN3O3/c1-8(13(20)18-2-4-21-5-3-18)17-12(19)10-6-9(14)7-16-11(10)15/h6-8H,2-5H2,1H3,(H,17,19). The Labute approximate surface area is 135 Å². The fourth-order valence-corrected chi connectivity index (χ4v) is 2.50. The predicted molar refractivity (Wildman–Crippen MR) is 81.3 cm³/mol. The van der Waals surface area contributed by atoms with Crippen LogP contribution in [0.1, 0.15) is 17.3 Å². The van der Waals surface area contributed by atoms with Gasteiger partial charge in [0.15, 0.2) is 0 Å². The van der Waals surface area contributed by atoms with E-state index in [0.29, 0.717) is 30.8 Å². The Bertz CT molecular complexity index is 549. The average molecular weight is 377 g/mol. The van der Waals surface area contributed by atoms with Crippen LogP contribution < -0.4 is 5.32 Å². The second-order valence-corrected chi connectivity index (χ2v) is 5.90. The molecular formula is C13H15BrClN3O3. The number of carbonyl (C=O) groups is 2. The van der Waals surface area contributed by atoms with Crippen molar-refractivity contribution < 1.29 is 14.3 Å². The molecule has 1 aliphatic rings. The van der Waals surface area contributed by atoms with Crippen molar-refractivity contribution >= 4 is 39.3 Å². The molecule has 2 heterocycles. The highest BCUT2D eigenvalue weighted by atomic mass is 79.9. The van der Waals surface area contributed by atoms with Gasteiger partial charge in [0.25, 0.3) is 5.91 Å². The van der Waals surface area contributed by atoms with E-state index in [1.54, 1.807) is 17.9 Å². The number of morpholine rings is 1. The maximum Gasteiger partial charge on any atom is 0.255 e. The molecule has 2 rings (SSSR count). The van der Waals surface area contributed by atoms with Gasteiger partial charge in [0.1, 0.15) is 11.2 Å². The van der Waals surface area contributed by atoms with Gasteiger partial charge in [0, 0.05) is 23.8 Å². The van der Waals surface area contributed by atoms with Gasteiger partial charge in [0.05, 0.1) is 18.8 Å². The second-order valence-electron chi connectivity index (χ2n) is 4.62. The summed E-state index contributed by atoms with van der Waals surface area (Å²) in [5.74, 6) is -0.561. The molecule has 1 aliphatic heterocycles. The number of halogens is 2. The lowest BCUT2D eigenvalue weighted by molar-refractivity contribution is -0.136. The fourth-order valence-electron chi connectivity index (χ4n) is 1.98. The fraction of sp³-hybridized carbons (Fsp3) is 0.462. The Hall–Kier alpha value is -1.18. The Morgan fingerprint density at radius 2 is 2.14 bits per heavy atom. The summed E-state index contributed by atoms with van der Waals surface area (Å²) < 4.78 is 5.84. The third-order valence-corrected chi connectivity index (χ3v) is 3.83. The maximum atomic E-state index is 12.2. The number of ether oxygens (including phenoxy) is 1. The van der Waals surface area contributed by atoms with Gasteiger partial charge in [-0.25, -0.2) is 4.98 Å². The minimum Gasteiger partial charge on any atom is -0.378 e. The van der Waals surface area contributed by atoms with E-state index < -0.39 is 11.9 Å². The first-order valence-electron chi connectivity index (χ1n) is 6.47. The zero-order valence-electron chi connectivity index (χ0n) is 11.4. The van der Waals surface area contributed by atoms with Crippen molar-refractivity contribution in [2.45, 2.75) is 13.0 Å². The molecule has 0 radical (unpaired) electrons. The number of pyridine rings is 1. The molecule has 0 aromatic carbocycles. The van der Waals surface area contributed by atoms with Gasteiger partial charge < -0.3 is 15.0 Å². The topological polar surface area (TPSA) is 71.5 Å². The van der Waals surface area contributed by atoms with E-state index in [2.05, 4.69) is 26.2 Å². The minimum atomic E-state index is -0.634. The molecule has 1 unspecified atom stereocenters. The molecule has 8 heteroatoms. The molecule has 21 heavy (non-hydrogen) atoms. The summed E-state index contributed by atoms with van der Waals surface area (Å²) in [5, 5.41) is 2.74. The number of carbonyl (C=O) groups excluding carboxylic acids is 2. The highest BCUT2D eigenvalue weighted by Crippen LogP contribution is 2.18. The molecule has 0 aliphatic carbocycles. The number of aromatic nitrogens is 1. The van der Waals surface area contributed by atoms with Crippen LogP contribution in [0, 0.1) is 0 Å². The maximum absolute atomic E-state index is 12.2. The second kappa shape index (κ2) is 7.20. The van der Waals surface area contributed by atoms with Gasteiger partial charge >= 0.3 is 0 Å². The molecule has 1 fully saturated rings. The summed E-state index contributed by atoms with van der Waals surface area (Å²) in [6, 6.07) is 0.932. The number of rotatable bonds is 3. The molecule has 1 atom stereocenters. The van der Waals surface area contributed by atoms with Crippen LogP contribution in [0.4, 0.5) is 0 Å². The number of amides is 2. The monoisotopic (exact) mass is 375 g/mol. The third kappa shape index (κ3) is 4.15. The number of hydrogen-bond acceptors (Lipinski definition) is 4. The summed E-state index contributed by atoms with van der Waals surface area (Å²) in [5.41, 5.74) is 0.229. The summed E-state index contributed by atoms with van der Waals surface area (Å²) in [6.45, 7) is 3.77. The van der Waals surface area contributed by atoms with Crippen LogP contribution in [-0.4, -0.2) is 54.0 Å². The number of nitrogens with one attached hydrogen (secondary N) is 1.